The first-order chi connectivity index (χ1) is 12.9. The Morgan fingerprint density at radius 1 is 0.786 bits per heavy atom. The van der Waals surface area contributed by atoms with E-state index in [1.165, 1.54) is 24.3 Å². The second-order valence-electron chi connectivity index (χ2n) is 5.18. The summed E-state index contributed by atoms with van der Waals surface area (Å²) in [4.78, 5) is -0.0963. The van der Waals surface area contributed by atoms with E-state index in [1.807, 2.05) is 0 Å². The van der Waals surface area contributed by atoms with Gasteiger partial charge in [-0.25, -0.2) is 0 Å². The van der Waals surface area contributed by atoms with Gasteiger partial charge in [0.1, 0.15) is 11.5 Å². The quantitative estimate of drug-likeness (QED) is 0.359. The second-order valence-corrected chi connectivity index (χ2v) is 6.52. The van der Waals surface area contributed by atoms with E-state index < -0.39 is 23.5 Å². The van der Waals surface area contributed by atoms with Crippen molar-refractivity contribution >= 4 is 28.6 Å². The van der Waals surface area contributed by atoms with Crippen molar-refractivity contribution in [1.29, 1.82) is 0 Å². The number of thiol groups is 1. The maximum Gasteiger partial charge on any atom is 0.417 e. The van der Waals surface area contributed by atoms with Crippen LogP contribution in [0.5, 0.6) is 11.5 Å². The summed E-state index contributed by atoms with van der Waals surface area (Å²) in [6.45, 7) is 4.11. The van der Waals surface area contributed by atoms with Gasteiger partial charge in [-0.1, -0.05) is 15.9 Å². The summed E-state index contributed by atoms with van der Waals surface area (Å²) in [7, 11) is 0. The number of hydrogen-bond donors (Lipinski definition) is 1. The van der Waals surface area contributed by atoms with Crippen LogP contribution in [-0.4, -0.2) is 13.2 Å². The van der Waals surface area contributed by atoms with Crippen LogP contribution in [0.3, 0.4) is 0 Å². The van der Waals surface area contributed by atoms with Crippen molar-refractivity contribution in [2.45, 2.75) is 31.1 Å². The third kappa shape index (κ3) is 7.46. The highest BCUT2D eigenvalue weighted by Crippen LogP contribution is 2.37. The summed E-state index contributed by atoms with van der Waals surface area (Å²) in [5.41, 5.74) is -1.49. The van der Waals surface area contributed by atoms with Crippen molar-refractivity contribution in [2.75, 3.05) is 13.2 Å². The van der Waals surface area contributed by atoms with Gasteiger partial charge in [0, 0.05) is 9.37 Å². The van der Waals surface area contributed by atoms with Crippen molar-refractivity contribution in [3.05, 3.63) is 52.0 Å². The average molecular weight is 491 g/mol. The van der Waals surface area contributed by atoms with Crippen LogP contribution in [0.1, 0.15) is 25.0 Å². The molecule has 2 nitrogen and oxygen atoms in total. The number of hydrogen-bond acceptors (Lipinski definition) is 3. The number of benzene rings is 2. The van der Waals surface area contributed by atoms with Gasteiger partial charge in [0.25, 0.3) is 0 Å². The monoisotopic (exact) mass is 490 g/mol. The molecule has 0 unspecified atom stereocenters. The van der Waals surface area contributed by atoms with Crippen molar-refractivity contribution in [3.8, 4) is 11.5 Å². The Kier molecular flexibility index (Phi) is 9.00. The number of ether oxygens (including phenoxy) is 2. The molecule has 0 N–H and O–H groups in total. The third-order valence-electron chi connectivity index (χ3n) is 3.14. The molecule has 0 saturated carbocycles. The predicted molar refractivity (Wildman–Crippen MR) is 100 cm³/mol. The van der Waals surface area contributed by atoms with Crippen LogP contribution in [0.2, 0.25) is 0 Å². The summed E-state index contributed by atoms with van der Waals surface area (Å²) in [5, 5.41) is 0. The molecule has 2 aromatic carbocycles. The molecular weight excluding hydrogens is 474 g/mol. The Morgan fingerprint density at radius 2 is 1.21 bits per heavy atom. The summed E-state index contributed by atoms with van der Waals surface area (Å²) in [6.07, 6.45) is -8.74. The second kappa shape index (κ2) is 10.3. The van der Waals surface area contributed by atoms with E-state index in [9.17, 15) is 26.3 Å². The molecule has 0 spiro atoms. The van der Waals surface area contributed by atoms with Crippen LogP contribution in [0.4, 0.5) is 26.3 Å². The fourth-order valence-corrected chi connectivity index (χ4v) is 2.71. The lowest BCUT2D eigenvalue weighted by Crippen LogP contribution is -2.06. The summed E-state index contributed by atoms with van der Waals surface area (Å²) in [5.74, 6) is 0.431. The maximum atomic E-state index is 12.4. The molecule has 0 amide bonds. The normalized spacial score (nSPS) is 11.5. The van der Waals surface area contributed by atoms with Crippen molar-refractivity contribution in [1.82, 2.24) is 0 Å². The van der Waals surface area contributed by atoms with E-state index >= 15 is 0 Å². The number of alkyl halides is 6. The molecule has 0 aliphatic carbocycles. The summed E-state index contributed by atoms with van der Waals surface area (Å²) < 4.78 is 84.2. The van der Waals surface area contributed by atoms with Gasteiger partial charge >= 0.3 is 12.4 Å². The molecule has 0 aromatic heterocycles. The highest BCUT2D eigenvalue weighted by atomic mass is 79.9. The lowest BCUT2D eigenvalue weighted by atomic mass is 10.2. The molecule has 0 fully saturated rings. The molecule has 0 aliphatic heterocycles. The van der Waals surface area contributed by atoms with E-state index in [4.69, 9.17) is 9.47 Å². The van der Waals surface area contributed by atoms with Crippen LogP contribution in [0.25, 0.3) is 0 Å². The van der Waals surface area contributed by atoms with Crippen LogP contribution in [0.15, 0.2) is 45.8 Å². The van der Waals surface area contributed by atoms with Gasteiger partial charge in [-0.3, -0.25) is 0 Å². The minimum absolute atomic E-state index is 0.0217. The number of halogens is 7. The molecule has 156 valence electrons. The maximum absolute atomic E-state index is 12.4. The molecular formula is C18H17BrF6O2S. The molecule has 0 aliphatic rings. The van der Waals surface area contributed by atoms with Gasteiger partial charge < -0.3 is 9.47 Å². The van der Waals surface area contributed by atoms with Crippen LogP contribution < -0.4 is 9.47 Å². The minimum Gasteiger partial charge on any atom is -0.494 e. The molecule has 2 rings (SSSR count). The van der Waals surface area contributed by atoms with Crippen molar-refractivity contribution < 1.29 is 35.8 Å². The Labute approximate surface area is 172 Å². The minimum atomic E-state index is -4.38. The topological polar surface area (TPSA) is 18.5 Å². The molecule has 28 heavy (non-hydrogen) atoms. The average Bonchev–Trinajstić information content (AvgIpc) is 2.57. The van der Waals surface area contributed by atoms with Crippen LogP contribution in [0, 0.1) is 0 Å². The Bertz CT molecular complexity index is 712. The van der Waals surface area contributed by atoms with Crippen molar-refractivity contribution in [3.63, 3.8) is 0 Å². The van der Waals surface area contributed by atoms with Gasteiger partial charge in [-0.2, -0.15) is 26.3 Å². The molecule has 0 radical (unpaired) electrons. The first-order valence-corrected chi connectivity index (χ1v) is 9.16. The first-order valence-electron chi connectivity index (χ1n) is 7.92. The van der Waals surface area contributed by atoms with Gasteiger partial charge in [0.2, 0.25) is 0 Å². The lowest BCUT2D eigenvalue weighted by Gasteiger charge is -2.11. The van der Waals surface area contributed by atoms with E-state index in [2.05, 4.69) is 28.6 Å². The largest absolute Gasteiger partial charge is 0.494 e. The standard InChI is InChI=1S/C9H8BrF3O.C9H9F3OS/c1-2-14-6-3-4-8(10)7(5-6)9(11,12)13;1-2-13-6-3-4-8(14)7(5-6)9(10,11)12/h3-5H,2H2,1H3;3-5,14H,2H2,1H3. The molecule has 2 aromatic rings. The molecule has 0 atom stereocenters. The molecule has 0 saturated heterocycles. The Hall–Kier alpha value is -1.55. The predicted octanol–water partition coefficient (Wildman–Crippen LogP) is 7.26. The van der Waals surface area contributed by atoms with Gasteiger partial charge in [-0.05, 0) is 50.2 Å². The zero-order chi connectivity index (χ0) is 21.5. The first kappa shape index (κ1) is 24.5. The van der Waals surface area contributed by atoms with E-state index in [-0.39, 0.29) is 20.9 Å². The van der Waals surface area contributed by atoms with E-state index in [0.717, 1.165) is 12.1 Å². The summed E-state index contributed by atoms with van der Waals surface area (Å²) in [6, 6.07) is 7.48. The van der Waals surface area contributed by atoms with Crippen LogP contribution >= 0.6 is 28.6 Å². The SMILES string of the molecule is CCOc1ccc(Br)c(C(F)(F)F)c1.CCOc1ccc(S)c(C(F)(F)F)c1. The van der Waals surface area contributed by atoms with Crippen LogP contribution in [-0.2, 0) is 12.4 Å². The van der Waals surface area contributed by atoms with Gasteiger partial charge in [0.05, 0.1) is 24.3 Å². The van der Waals surface area contributed by atoms with Gasteiger partial charge in [-0.15, -0.1) is 12.6 Å². The Morgan fingerprint density at radius 3 is 1.64 bits per heavy atom. The zero-order valence-corrected chi connectivity index (χ0v) is 17.3. The molecule has 10 heteroatoms. The lowest BCUT2D eigenvalue weighted by molar-refractivity contribution is -0.140. The summed E-state index contributed by atoms with van der Waals surface area (Å²) >= 11 is 6.57. The highest BCUT2D eigenvalue weighted by Gasteiger charge is 2.34. The molecule has 0 bridgehead atoms. The van der Waals surface area contributed by atoms with Crippen molar-refractivity contribution in [2.24, 2.45) is 0 Å². The van der Waals surface area contributed by atoms with E-state index in [1.54, 1.807) is 13.8 Å². The number of rotatable bonds is 4. The third-order valence-corrected chi connectivity index (χ3v) is 4.22. The molecule has 0 heterocycles. The Balaban J connectivity index is 0.000000280. The van der Waals surface area contributed by atoms with E-state index in [0.29, 0.717) is 13.2 Å². The smallest absolute Gasteiger partial charge is 0.417 e. The fraction of sp³-hybridized carbons (Fsp3) is 0.333. The van der Waals surface area contributed by atoms with Gasteiger partial charge in [0.15, 0.2) is 0 Å². The fourth-order valence-electron chi connectivity index (χ4n) is 1.98. The zero-order valence-electron chi connectivity index (χ0n) is 14.8. The highest BCUT2D eigenvalue weighted by molar-refractivity contribution is 9.10.